The van der Waals surface area contributed by atoms with E-state index in [1.54, 1.807) is 31.2 Å². The monoisotopic (exact) mass is 429 g/mol. The van der Waals surface area contributed by atoms with Crippen LogP contribution in [0, 0.1) is 17.6 Å². The predicted octanol–water partition coefficient (Wildman–Crippen LogP) is 4.90. The molecule has 0 saturated carbocycles. The van der Waals surface area contributed by atoms with E-state index in [-0.39, 0.29) is 23.7 Å². The SMILES string of the molecule is CCOC(=O)/C=C/C1CCN(CCOC(c2ccc(F)cc2)c2ccc(F)cc2)CC1. The standard InChI is InChI=1S/C25H29F2NO3/c1-2-30-24(29)12-3-19-13-15-28(16-14-19)17-18-31-25(20-4-8-22(26)9-5-20)21-6-10-23(27)11-7-21/h3-12,19,25H,2,13-18H2,1H3/b12-3+. The fourth-order valence-electron chi connectivity index (χ4n) is 3.73. The molecule has 4 nitrogen and oxygen atoms in total. The summed E-state index contributed by atoms with van der Waals surface area (Å²) in [7, 11) is 0. The van der Waals surface area contributed by atoms with Crippen molar-refractivity contribution in [3.05, 3.63) is 83.4 Å². The molecule has 1 aliphatic heterocycles. The van der Waals surface area contributed by atoms with E-state index in [4.69, 9.17) is 9.47 Å². The molecule has 31 heavy (non-hydrogen) atoms. The fraction of sp³-hybridized carbons (Fsp3) is 0.400. The van der Waals surface area contributed by atoms with Crippen molar-refractivity contribution < 1.29 is 23.0 Å². The first-order valence-electron chi connectivity index (χ1n) is 10.7. The van der Waals surface area contributed by atoms with E-state index >= 15 is 0 Å². The summed E-state index contributed by atoms with van der Waals surface area (Å²) in [6.07, 6.45) is 5.06. The molecule has 0 aliphatic carbocycles. The van der Waals surface area contributed by atoms with Gasteiger partial charge in [-0.2, -0.15) is 0 Å². The Hall–Kier alpha value is -2.57. The first-order chi connectivity index (χ1) is 15.0. The zero-order valence-electron chi connectivity index (χ0n) is 17.8. The Kier molecular flexibility index (Phi) is 8.74. The lowest BCUT2D eigenvalue weighted by atomic mass is 9.96. The quantitative estimate of drug-likeness (QED) is 0.420. The van der Waals surface area contributed by atoms with Crippen LogP contribution in [0.15, 0.2) is 60.7 Å². The molecule has 6 heteroatoms. The lowest BCUT2D eigenvalue weighted by Gasteiger charge is -2.31. The van der Waals surface area contributed by atoms with Crippen molar-refractivity contribution in [3.63, 3.8) is 0 Å². The van der Waals surface area contributed by atoms with Crippen LogP contribution in [-0.2, 0) is 14.3 Å². The minimum absolute atomic E-state index is 0.286. The van der Waals surface area contributed by atoms with Crippen LogP contribution in [-0.4, -0.2) is 43.7 Å². The number of piperidine rings is 1. The minimum atomic E-state index is -0.383. The maximum atomic E-state index is 13.3. The molecule has 0 aromatic heterocycles. The van der Waals surface area contributed by atoms with Crippen molar-refractivity contribution >= 4 is 5.97 Å². The molecule has 166 valence electrons. The Bertz CT molecular complexity index is 799. The zero-order chi connectivity index (χ0) is 22.1. The lowest BCUT2D eigenvalue weighted by Crippen LogP contribution is -2.35. The number of carbonyl (C=O) groups is 1. The van der Waals surface area contributed by atoms with Crippen LogP contribution in [0.3, 0.4) is 0 Å². The van der Waals surface area contributed by atoms with Crippen LogP contribution in [0.25, 0.3) is 0 Å². The highest BCUT2D eigenvalue weighted by molar-refractivity contribution is 5.81. The Morgan fingerprint density at radius 1 is 1.03 bits per heavy atom. The summed E-state index contributed by atoms with van der Waals surface area (Å²) in [6, 6.07) is 12.4. The molecular weight excluding hydrogens is 400 g/mol. The first kappa shape index (κ1) is 23.1. The number of rotatable bonds is 9. The average Bonchev–Trinajstić information content (AvgIpc) is 2.78. The number of hydrogen-bond acceptors (Lipinski definition) is 4. The molecular formula is C25H29F2NO3. The summed E-state index contributed by atoms with van der Waals surface area (Å²) in [5, 5.41) is 0. The molecule has 1 heterocycles. The van der Waals surface area contributed by atoms with E-state index in [0.29, 0.717) is 19.1 Å². The zero-order valence-corrected chi connectivity index (χ0v) is 17.8. The van der Waals surface area contributed by atoms with Gasteiger partial charge in [0.05, 0.1) is 13.2 Å². The highest BCUT2D eigenvalue weighted by Crippen LogP contribution is 2.27. The van der Waals surface area contributed by atoms with Gasteiger partial charge in [0.1, 0.15) is 17.7 Å². The van der Waals surface area contributed by atoms with Gasteiger partial charge < -0.3 is 14.4 Å². The minimum Gasteiger partial charge on any atom is -0.463 e. The van der Waals surface area contributed by atoms with Gasteiger partial charge >= 0.3 is 5.97 Å². The number of carbonyl (C=O) groups excluding carboxylic acids is 1. The highest BCUT2D eigenvalue weighted by Gasteiger charge is 2.19. The van der Waals surface area contributed by atoms with Crippen molar-refractivity contribution in [2.24, 2.45) is 5.92 Å². The van der Waals surface area contributed by atoms with Crippen molar-refractivity contribution in [1.29, 1.82) is 0 Å². The number of nitrogens with zero attached hydrogens (tertiary/aromatic N) is 1. The summed E-state index contributed by atoms with van der Waals surface area (Å²) < 4.78 is 37.8. The van der Waals surface area contributed by atoms with Gasteiger partial charge in [-0.3, -0.25) is 0 Å². The largest absolute Gasteiger partial charge is 0.463 e. The summed E-state index contributed by atoms with van der Waals surface area (Å²) in [5.41, 5.74) is 1.66. The molecule has 0 amide bonds. The number of hydrogen-bond donors (Lipinski definition) is 0. The number of allylic oxidation sites excluding steroid dienone is 1. The van der Waals surface area contributed by atoms with E-state index in [1.807, 2.05) is 6.08 Å². The maximum Gasteiger partial charge on any atom is 0.330 e. The third-order valence-electron chi connectivity index (χ3n) is 5.46. The molecule has 2 aromatic carbocycles. The molecule has 1 saturated heterocycles. The van der Waals surface area contributed by atoms with Gasteiger partial charge in [-0.25, -0.2) is 13.6 Å². The van der Waals surface area contributed by atoms with E-state index in [0.717, 1.165) is 43.6 Å². The van der Waals surface area contributed by atoms with Crippen LogP contribution in [0.1, 0.15) is 37.0 Å². The van der Waals surface area contributed by atoms with Gasteiger partial charge in [0.2, 0.25) is 0 Å². The first-order valence-corrected chi connectivity index (χ1v) is 10.7. The molecule has 2 aromatic rings. The summed E-state index contributed by atoms with van der Waals surface area (Å²) in [6.45, 7) is 5.31. The second-order valence-electron chi connectivity index (χ2n) is 7.64. The van der Waals surface area contributed by atoms with E-state index in [1.165, 1.54) is 30.3 Å². The van der Waals surface area contributed by atoms with Crippen molar-refractivity contribution in [3.8, 4) is 0 Å². The second-order valence-corrected chi connectivity index (χ2v) is 7.64. The highest BCUT2D eigenvalue weighted by atomic mass is 19.1. The molecule has 0 spiro atoms. The number of ether oxygens (including phenoxy) is 2. The number of halogens is 2. The Morgan fingerprint density at radius 3 is 2.10 bits per heavy atom. The van der Waals surface area contributed by atoms with Crippen molar-refractivity contribution in [2.75, 3.05) is 32.8 Å². The van der Waals surface area contributed by atoms with Gasteiger partial charge in [0.15, 0.2) is 0 Å². The molecule has 0 radical (unpaired) electrons. The Morgan fingerprint density at radius 2 is 1.58 bits per heavy atom. The number of benzene rings is 2. The maximum absolute atomic E-state index is 13.3. The van der Waals surface area contributed by atoms with Crippen LogP contribution in [0.4, 0.5) is 8.78 Å². The molecule has 3 rings (SSSR count). The molecule has 1 aliphatic rings. The van der Waals surface area contributed by atoms with Gasteiger partial charge in [0, 0.05) is 12.6 Å². The van der Waals surface area contributed by atoms with Crippen molar-refractivity contribution in [1.82, 2.24) is 4.90 Å². The van der Waals surface area contributed by atoms with Gasteiger partial charge in [-0.1, -0.05) is 30.3 Å². The number of esters is 1. The number of likely N-dealkylation sites (tertiary alicyclic amines) is 1. The van der Waals surface area contributed by atoms with Crippen LogP contribution < -0.4 is 0 Å². The fourth-order valence-corrected chi connectivity index (χ4v) is 3.73. The summed E-state index contributed by atoms with van der Waals surface area (Å²) >= 11 is 0. The van der Waals surface area contributed by atoms with Crippen molar-refractivity contribution in [2.45, 2.75) is 25.9 Å². The van der Waals surface area contributed by atoms with Crippen LogP contribution in [0.2, 0.25) is 0 Å². The smallest absolute Gasteiger partial charge is 0.330 e. The molecule has 0 unspecified atom stereocenters. The molecule has 0 atom stereocenters. The molecule has 0 bridgehead atoms. The lowest BCUT2D eigenvalue weighted by molar-refractivity contribution is -0.137. The predicted molar refractivity (Wildman–Crippen MR) is 116 cm³/mol. The van der Waals surface area contributed by atoms with E-state index < -0.39 is 0 Å². The Balaban J connectivity index is 1.51. The summed E-state index contributed by atoms with van der Waals surface area (Å²) in [4.78, 5) is 13.8. The van der Waals surface area contributed by atoms with Gasteiger partial charge in [-0.15, -0.1) is 0 Å². The van der Waals surface area contributed by atoms with Gasteiger partial charge in [-0.05, 0) is 74.2 Å². The molecule has 0 N–H and O–H groups in total. The second kappa shape index (κ2) is 11.7. The normalized spacial score (nSPS) is 15.6. The van der Waals surface area contributed by atoms with Crippen LogP contribution in [0.5, 0.6) is 0 Å². The van der Waals surface area contributed by atoms with E-state index in [9.17, 15) is 13.6 Å². The Labute approximate surface area is 182 Å². The average molecular weight is 430 g/mol. The van der Waals surface area contributed by atoms with Gasteiger partial charge in [0.25, 0.3) is 0 Å². The van der Waals surface area contributed by atoms with Crippen LogP contribution >= 0.6 is 0 Å². The summed E-state index contributed by atoms with van der Waals surface area (Å²) in [5.74, 6) is -0.512. The molecule has 1 fully saturated rings. The topological polar surface area (TPSA) is 38.8 Å². The third kappa shape index (κ3) is 7.26. The third-order valence-corrected chi connectivity index (χ3v) is 5.46. The van der Waals surface area contributed by atoms with E-state index in [2.05, 4.69) is 4.90 Å².